The number of aryl methyl sites for hydroxylation is 2. The molecular weight excluding hydrogens is 182 g/mol. The minimum atomic E-state index is -1.08. The van der Waals surface area contributed by atoms with Gasteiger partial charge in [0.15, 0.2) is 0 Å². The van der Waals surface area contributed by atoms with Crippen LogP contribution in [0.2, 0.25) is 0 Å². The van der Waals surface area contributed by atoms with E-state index in [0.29, 0.717) is 11.1 Å². The summed E-state index contributed by atoms with van der Waals surface area (Å²) in [6.45, 7) is 3.36. The van der Waals surface area contributed by atoms with Gasteiger partial charge in [-0.2, -0.15) is 4.99 Å². The molecule has 0 aliphatic carbocycles. The lowest BCUT2D eigenvalue weighted by molar-refractivity contribution is 0.0697. The third-order valence-electron chi connectivity index (χ3n) is 1.96. The zero-order valence-corrected chi connectivity index (χ0v) is 7.87. The van der Waals surface area contributed by atoms with Crippen LogP contribution in [-0.2, 0) is 4.79 Å². The molecule has 0 amide bonds. The molecule has 0 saturated carbocycles. The molecule has 4 nitrogen and oxygen atoms in total. The summed E-state index contributed by atoms with van der Waals surface area (Å²) in [5.74, 6) is -1.08. The van der Waals surface area contributed by atoms with E-state index in [0.717, 1.165) is 0 Å². The molecule has 0 spiro atoms. The first kappa shape index (κ1) is 10.2. The Morgan fingerprint density at radius 2 is 1.93 bits per heavy atom. The van der Waals surface area contributed by atoms with Crippen molar-refractivity contribution in [3.8, 4) is 0 Å². The van der Waals surface area contributed by atoms with Crippen LogP contribution in [0.25, 0.3) is 0 Å². The molecule has 4 heteroatoms. The lowest BCUT2D eigenvalue weighted by atomic mass is 10.0. The lowest BCUT2D eigenvalue weighted by Crippen LogP contribution is -2.01. The van der Waals surface area contributed by atoms with Crippen molar-refractivity contribution in [1.29, 1.82) is 0 Å². The predicted octanol–water partition coefficient (Wildman–Crippen LogP) is 1.97. The van der Waals surface area contributed by atoms with E-state index in [1.165, 1.54) is 6.08 Å². The minimum Gasteiger partial charge on any atom is -0.478 e. The second kappa shape index (κ2) is 3.85. The highest BCUT2D eigenvalue weighted by Crippen LogP contribution is 2.26. The fourth-order valence-corrected chi connectivity index (χ4v) is 1.26. The Labute approximate surface area is 80.9 Å². The molecule has 0 bridgehead atoms. The summed E-state index contributed by atoms with van der Waals surface area (Å²) >= 11 is 0. The van der Waals surface area contributed by atoms with Crippen molar-refractivity contribution in [3.63, 3.8) is 0 Å². The number of aromatic carboxylic acids is 1. The average Bonchev–Trinajstić information content (AvgIpc) is 2.11. The van der Waals surface area contributed by atoms with E-state index in [1.54, 1.807) is 26.0 Å². The number of isocyanates is 1. The Balaban J connectivity index is 3.57. The number of carboxylic acid groups (broad SMARTS) is 1. The van der Waals surface area contributed by atoms with Crippen molar-refractivity contribution in [2.24, 2.45) is 4.99 Å². The maximum Gasteiger partial charge on any atom is 0.338 e. The van der Waals surface area contributed by atoms with Gasteiger partial charge in [0.05, 0.1) is 11.3 Å². The largest absolute Gasteiger partial charge is 0.478 e. The summed E-state index contributed by atoms with van der Waals surface area (Å²) in [6, 6.07) is 3.40. The SMILES string of the molecule is Cc1ccc(C)c(C(=O)O)c1N=C=O. The summed E-state index contributed by atoms with van der Waals surface area (Å²) < 4.78 is 0. The zero-order chi connectivity index (χ0) is 10.7. The number of hydrogen-bond donors (Lipinski definition) is 1. The van der Waals surface area contributed by atoms with Gasteiger partial charge in [-0.3, -0.25) is 0 Å². The first-order chi connectivity index (χ1) is 6.57. The molecule has 0 aromatic heterocycles. The molecule has 0 fully saturated rings. The van der Waals surface area contributed by atoms with Crippen LogP contribution in [0.15, 0.2) is 17.1 Å². The topological polar surface area (TPSA) is 66.7 Å². The summed E-state index contributed by atoms with van der Waals surface area (Å²) in [4.78, 5) is 24.4. The molecule has 1 rings (SSSR count). The van der Waals surface area contributed by atoms with Gasteiger partial charge in [-0.25, -0.2) is 9.59 Å². The highest BCUT2D eigenvalue weighted by molar-refractivity contribution is 5.96. The standard InChI is InChI=1S/C10H9NO3/c1-6-3-4-7(2)9(11-5-12)8(6)10(13)14/h3-4H,1-2H3,(H,13,14). The van der Waals surface area contributed by atoms with E-state index in [2.05, 4.69) is 4.99 Å². The summed E-state index contributed by atoms with van der Waals surface area (Å²) in [5, 5.41) is 8.91. The van der Waals surface area contributed by atoms with Crippen LogP contribution in [0.5, 0.6) is 0 Å². The quantitative estimate of drug-likeness (QED) is 0.574. The normalized spacial score (nSPS) is 9.29. The van der Waals surface area contributed by atoms with E-state index in [4.69, 9.17) is 5.11 Å². The molecule has 0 saturated heterocycles. The highest BCUT2D eigenvalue weighted by Gasteiger charge is 2.14. The number of hydrogen-bond acceptors (Lipinski definition) is 3. The smallest absolute Gasteiger partial charge is 0.338 e. The van der Waals surface area contributed by atoms with Gasteiger partial charge in [-0.15, -0.1) is 0 Å². The maximum atomic E-state index is 10.9. The molecular formula is C10H9NO3. The van der Waals surface area contributed by atoms with Crippen molar-refractivity contribution in [2.75, 3.05) is 0 Å². The van der Waals surface area contributed by atoms with Gasteiger partial charge in [0.1, 0.15) is 0 Å². The Hall–Kier alpha value is -1.93. The Bertz CT molecular complexity index is 404. The molecule has 1 N–H and O–H groups in total. The summed E-state index contributed by atoms with van der Waals surface area (Å²) in [6.07, 6.45) is 1.36. The van der Waals surface area contributed by atoms with Gasteiger partial charge < -0.3 is 5.11 Å². The van der Waals surface area contributed by atoms with Gasteiger partial charge in [0.2, 0.25) is 6.08 Å². The second-order valence-electron chi connectivity index (χ2n) is 2.93. The maximum absolute atomic E-state index is 10.9. The van der Waals surface area contributed by atoms with Gasteiger partial charge >= 0.3 is 5.97 Å². The predicted molar refractivity (Wildman–Crippen MR) is 50.7 cm³/mol. The van der Waals surface area contributed by atoms with Gasteiger partial charge in [-0.05, 0) is 25.0 Å². The Kier molecular flexibility index (Phi) is 2.79. The highest BCUT2D eigenvalue weighted by atomic mass is 16.4. The number of nitrogens with zero attached hydrogens (tertiary/aromatic N) is 1. The molecule has 0 aliphatic rings. The van der Waals surface area contributed by atoms with Crippen molar-refractivity contribution < 1.29 is 14.7 Å². The molecule has 0 radical (unpaired) electrons. The van der Waals surface area contributed by atoms with E-state index < -0.39 is 5.97 Å². The fourth-order valence-electron chi connectivity index (χ4n) is 1.26. The van der Waals surface area contributed by atoms with Gasteiger partial charge in [0.25, 0.3) is 0 Å². The second-order valence-corrected chi connectivity index (χ2v) is 2.93. The monoisotopic (exact) mass is 191 g/mol. The lowest BCUT2D eigenvalue weighted by Gasteiger charge is -2.05. The molecule has 1 aromatic carbocycles. The van der Waals surface area contributed by atoms with Crippen molar-refractivity contribution >= 4 is 17.7 Å². The number of aliphatic imine (C=N–C) groups is 1. The van der Waals surface area contributed by atoms with Crippen molar-refractivity contribution in [2.45, 2.75) is 13.8 Å². The Morgan fingerprint density at radius 3 is 2.43 bits per heavy atom. The van der Waals surface area contributed by atoms with Crippen LogP contribution in [0.3, 0.4) is 0 Å². The van der Waals surface area contributed by atoms with Crippen LogP contribution in [0.4, 0.5) is 5.69 Å². The number of carboxylic acids is 1. The van der Waals surface area contributed by atoms with Crippen LogP contribution >= 0.6 is 0 Å². The molecule has 14 heavy (non-hydrogen) atoms. The van der Waals surface area contributed by atoms with Crippen LogP contribution in [0.1, 0.15) is 21.5 Å². The number of rotatable bonds is 2. The van der Waals surface area contributed by atoms with Crippen LogP contribution in [0, 0.1) is 13.8 Å². The molecule has 0 unspecified atom stereocenters. The van der Waals surface area contributed by atoms with Crippen molar-refractivity contribution in [1.82, 2.24) is 0 Å². The van der Waals surface area contributed by atoms with E-state index >= 15 is 0 Å². The van der Waals surface area contributed by atoms with E-state index in [-0.39, 0.29) is 11.3 Å². The third kappa shape index (κ3) is 1.70. The molecule has 0 heterocycles. The first-order valence-electron chi connectivity index (χ1n) is 3.99. The summed E-state index contributed by atoms with van der Waals surface area (Å²) in [7, 11) is 0. The Morgan fingerprint density at radius 1 is 1.36 bits per heavy atom. The van der Waals surface area contributed by atoms with Crippen LogP contribution < -0.4 is 0 Å². The van der Waals surface area contributed by atoms with Gasteiger partial charge in [0, 0.05) is 0 Å². The van der Waals surface area contributed by atoms with Crippen LogP contribution in [-0.4, -0.2) is 17.2 Å². The van der Waals surface area contributed by atoms with Crippen molar-refractivity contribution in [3.05, 3.63) is 28.8 Å². The zero-order valence-electron chi connectivity index (χ0n) is 7.87. The summed E-state index contributed by atoms with van der Waals surface area (Å²) in [5.41, 5.74) is 1.48. The number of benzene rings is 1. The minimum absolute atomic E-state index is 0.0633. The third-order valence-corrected chi connectivity index (χ3v) is 1.96. The fraction of sp³-hybridized carbons (Fsp3) is 0.200. The van der Waals surface area contributed by atoms with E-state index in [9.17, 15) is 9.59 Å². The average molecular weight is 191 g/mol. The molecule has 0 atom stereocenters. The number of carbonyl (C=O) groups is 1. The molecule has 0 aliphatic heterocycles. The van der Waals surface area contributed by atoms with Gasteiger partial charge in [-0.1, -0.05) is 12.1 Å². The molecule has 1 aromatic rings. The number of carbonyl (C=O) groups excluding carboxylic acids is 1. The molecule has 72 valence electrons. The first-order valence-corrected chi connectivity index (χ1v) is 3.99. The van der Waals surface area contributed by atoms with E-state index in [1.807, 2.05) is 0 Å².